The molecule has 0 unspecified atom stereocenters. The number of hydrogen-bond donors (Lipinski definition) is 3. The van der Waals surface area contributed by atoms with Gasteiger partial charge in [0.05, 0.1) is 12.7 Å². The molecule has 26 heavy (non-hydrogen) atoms. The molecule has 2 aromatic rings. The van der Waals surface area contributed by atoms with Crippen molar-refractivity contribution >= 4 is 29.1 Å². The first-order valence-corrected chi connectivity index (χ1v) is 8.44. The molecule has 0 spiro atoms. The van der Waals surface area contributed by atoms with Crippen LogP contribution in [0.1, 0.15) is 24.2 Å². The van der Waals surface area contributed by atoms with Gasteiger partial charge in [0.2, 0.25) is 5.91 Å². The number of methoxy groups -OCH3 is 1. The minimum Gasteiger partial charge on any atom is -0.507 e. The summed E-state index contributed by atoms with van der Waals surface area (Å²) in [7, 11) is 1.56. The first kappa shape index (κ1) is 19.6. The molecule has 0 aromatic heterocycles. The van der Waals surface area contributed by atoms with E-state index in [-0.39, 0.29) is 23.1 Å². The van der Waals surface area contributed by atoms with Gasteiger partial charge in [0.25, 0.3) is 5.91 Å². The quantitative estimate of drug-likeness (QED) is 0.720. The number of hydrogen-bond acceptors (Lipinski definition) is 4. The number of halogens is 1. The van der Waals surface area contributed by atoms with Crippen LogP contribution in [0, 0.1) is 5.92 Å². The number of amides is 2. The minimum atomic E-state index is -0.778. The standard InChI is InChI=1S/C19H21ClN2O4/c1-11(2)17(19(25)21-13-5-7-14(26-3)8-6-13)22-18(24)15-9-4-12(20)10-16(15)23/h4-11,17,23H,1-3H3,(H,21,25)(H,22,24)/t17-/m0/s1. The Hall–Kier alpha value is -2.73. The average molecular weight is 377 g/mol. The first-order valence-electron chi connectivity index (χ1n) is 8.06. The second kappa shape index (κ2) is 8.58. The molecule has 0 radical (unpaired) electrons. The molecule has 0 aliphatic rings. The maximum absolute atomic E-state index is 12.6. The van der Waals surface area contributed by atoms with Gasteiger partial charge in [-0.3, -0.25) is 9.59 Å². The lowest BCUT2D eigenvalue weighted by Crippen LogP contribution is -2.47. The molecule has 2 rings (SSSR count). The van der Waals surface area contributed by atoms with Crippen molar-refractivity contribution in [2.75, 3.05) is 12.4 Å². The van der Waals surface area contributed by atoms with E-state index in [1.165, 1.54) is 18.2 Å². The molecular weight excluding hydrogens is 356 g/mol. The van der Waals surface area contributed by atoms with Gasteiger partial charge < -0.3 is 20.5 Å². The van der Waals surface area contributed by atoms with Gasteiger partial charge in [0.15, 0.2) is 0 Å². The lowest BCUT2D eigenvalue weighted by atomic mass is 10.0. The summed E-state index contributed by atoms with van der Waals surface area (Å²) in [6, 6.07) is 10.3. The first-order chi connectivity index (χ1) is 12.3. The van der Waals surface area contributed by atoms with Crippen LogP contribution in [0.15, 0.2) is 42.5 Å². The topological polar surface area (TPSA) is 87.7 Å². The highest BCUT2D eigenvalue weighted by atomic mass is 35.5. The fraction of sp³-hybridized carbons (Fsp3) is 0.263. The molecule has 138 valence electrons. The Morgan fingerprint density at radius 1 is 1.12 bits per heavy atom. The number of nitrogens with one attached hydrogen (secondary N) is 2. The zero-order valence-electron chi connectivity index (χ0n) is 14.7. The molecule has 0 bridgehead atoms. The third kappa shape index (κ3) is 4.89. The number of rotatable bonds is 6. The molecule has 0 saturated heterocycles. The summed E-state index contributed by atoms with van der Waals surface area (Å²) in [4.78, 5) is 25.0. The van der Waals surface area contributed by atoms with Crippen LogP contribution < -0.4 is 15.4 Å². The summed E-state index contributed by atoms with van der Waals surface area (Å²) >= 11 is 5.78. The number of ether oxygens (including phenoxy) is 1. The highest BCUT2D eigenvalue weighted by Crippen LogP contribution is 2.22. The van der Waals surface area contributed by atoms with E-state index in [4.69, 9.17) is 16.3 Å². The molecule has 1 atom stereocenters. The smallest absolute Gasteiger partial charge is 0.255 e. The molecule has 0 aliphatic carbocycles. The highest BCUT2D eigenvalue weighted by Gasteiger charge is 2.25. The van der Waals surface area contributed by atoms with Gasteiger partial charge in [0, 0.05) is 10.7 Å². The summed E-state index contributed by atoms with van der Waals surface area (Å²) in [6.45, 7) is 3.64. The van der Waals surface area contributed by atoms with Crippen LogP contribution in [0.25, 0.3) is 0 Å². The van der Waals surface area contributed by atoms with Crippen LogP contribution >= 0.6 is 11.6 Å². The van der Waals surface area contributed by atoms with Crippen molar-refractivity contribution in [2.45, 2.75) is 19.9 Å². The van der Waals surface area contributed by atoms with E-state index < -0.39 is 11.9 Å². The van der Waals surface area contributed by atoms with E-state index in [1.807, 2.05) is 13.8 Å². The van der Waals surface area contributed by atoms with Crippen LogP contribution in [0.2, 0.25) is 5.02 Å². The predicted molar refractivity (Wildman–Crippen MR) is 101 cm³/mol. The van der Waals surface area contributed by atoms with Crippen LogP contribution in [0.3, 0.4) is 0 Å². The highest BCUT2D eigenvalue weighted by molar-refractivity contribution is 6.30. The Kier molecular flexibility index (Phi) is 6.46. The summed E-state index contributed by atoms with van der Waals surface area (Å²) < 4.78 is 5.08. The Balaban J connectivity index is 2.11. The van der Waals surface area contributed by atoms with E-state index in [0.29, 0.717) is 16.5 Å². The summed E-state index contributed by atoms with van der Waals surface area (Å²) in [5.41, 5.74) is 0.641. The van der Waals surface area contributed by atoms with Gasteiger partial charge in [0.1, 0.15) is 17.5 Å². The van der Waals surface area contributed by atoms with Gasteiger partial charge in [-0.05, 0) is 48.4 Å². The molecule has 7 heteroatoms. The van der Waals surface area contributed by atoms with Crippen molar-refractivity contribution in [3.63, 3.8) is 0 Å². The van der Waals surface area contributed by atoms with Crippen molar-refractivity contribution in [3.8, 4) is 11.5 Å². The molecule has 2 amide bonds. The van der Waals surface area contributed by atoms with Crippen molar-refractivity contribution in [3.05, 3.63) is 53.1 Å². The van der Waals surface area contributed by atoms with Crippen LogP contribution in [0.5, 0.6) is 11.5 Å². The zero-order valence-corrected chi connectivity index (χ0v) is 15.5. The predicted octanol–water partition coefficient (Wildman–Crippen LogP) is 3.45. The Morgan fingerprint density at radius 2 is 1.77 bits per heavy atom. The normalized spacial score (nSPS) is 11.7. The van der Waals surface area contributed by atoms with Crippen molar-refractivity contribution in [2.24, 2.45) is 5.92 Å². The van der Waals surface area contributed by atoms with E-state index in [0.717, 1.165) is 0 Å². The maximum atomic E-state index is 12.6. The van der Waals surface area contributed by atoms with Gasteiger partial charge >= 0.3 is 0 Å². The third-order valence-electron chi connectivity index (χ3n) is 3.80. The van der Waals surface area contributed by atoms with Crippen molar-refractivity contribution in [1.29, 1.82) is 0 Å². The van der Waals surface area contributed by atoms with Gasteiger partial charge in [-0.1, -0.05) is 25.4 Å². The van der Waals surface area contributed by atoms with E-state index in [2.05, 4.69) is 10.6 Å². The van der Waals surface area contributed by atoms with E-state index in [1.54, 1.807) is 31.4 Å². The van der Waals surface area contributed by atoms with E-state index >= 15 is 0 Å². The summed E-state index contributed by atoms with van der Waals surface area (Å²) in [6.07, 6.45) is 0. The number of aromatic hydroxyl groups is 1. The maximum Gasteiger partial charge on any atom is 0.255 e. The van der Waals surface area contributed by atoms with Crippen LogP contribution in [-0.4, -0.2) is 30.1 Å². The van der Waals surface area contributed by atoms with Gasteiger partial charge in [-0.25, -0.2) is 0 Å². The fourth-order valence-corrected chi connectivity index (χ4v) is 2.51. The monoisotopic (exact) mass is 376 g/mol. The third-order valence-corrected chi connectivity index (χ3v) is 4.03. The minimum absolute atomic E-state index is 0.0531. The summed E-state index contributed by atoms with van der Waals surface area (Å²) in [5.74, 6) is -0.635. The average Bonchev–Trinajstić information content (AvgIpc) is 2.59. The fourth-order valence-electron chi connectivity index (χ4n) is 2.35. The Bertz CT molecular complexity index is 791. The van der Waals surface area contributed by atoms with Crippen LogP contribution in [-0.2, 0) is 4.79 Å². The number of carbonyl (C=O) groups is 2. The lowest BCUT2D eigenvalue weighted by molar-refractivity contribution is -0.118. The molecule has 2 aromatic carbocycles. The summed E-state index contributed by atoms with van der Waals surface area (Å²) in [5, 5.41) is 15.6. The molecule has 0 aliphatic heterocycles. The molecule has 0 saturated carbocycles. The van der Waals surface area contributed by atoms with Crippen molar-refractivity contribution in [1.82, 2.24) is 5.32 Å². The number of phenolic OH excluding ortho intramolecular Hbond substituents is 1. The molecule has 0 heterocycles. The Morgan fingerprint density at radius 3 is 2.31 bits per heavy atom. The second-order valence-electron chi connectivity index (χ2n) is 6.07. The molecule has 0 fully saturated rings. The molecule has 6 nitrogen and oxygen atoms in total. The zero-order chi connectivity index (χ0) is 19.3. The van der Waals surface area contributed by atoms with Gasteiger partial charge in [-0.15, -0.1) is 0 Å². The molecule has 3 N–H and O–H groups in total. The number of benzene rings is 2. The second-order valence-corrected chi connectivity index (χ2v) is 6.51. The van der Waals surface area contributed by atoms with Crippen LogP contribution in [0.4, 0.5) is 5.69 Å². The Labute approximate surface area is 157 Å². The van der Waals surface area contributed by atoms with Crippen molar-refractivity contribution < 1.29 is 19.4 Å². The lowest BCUT2D eigenvalue weighted by Gasteiger charge is -2.22. The van der Waals surface area contributed by atoms with E-state index in [9.17, 15) is 14.7 Å². The SMILES string of the molecule is COc1ccc(NC(=O)[C@@H](NC(=O)c2ccc(Cl)cc2O)C(C)C)cc1. The molecular formula is C19H21ClN2O4. The number of anilines is 1. The number of phenols is 1. The van der Waals surface area contributed by atoms with Gasteiger partial charge in [-0.2, -0.15) is 0 Å². The number of carbonyl (C=O) groups excluding carboxylic acids is 2. The largest absolute Gasteiger partial charge is 0.507 e.